The van der Waals surface area contributed by atoms with E-state index in [9.17, 15) is 13.2 Å². The fourth-order valence-corrected chi connectivity index (χ4v) is 2.86. The number of hydrogen-bond acceptors (Lipinski definition) is 5. The summed E-state index contributed by atoms with van der Waals surface area (Å²) >= 11 is 1.42. The maximum absolute atomic E-state index is 10.9. The van der Waals surface area contributed by atoms with E-state index in [0.717, 1.165) is 4.90 Å². The van der Waals surface area contributed by atoms with Crippen LogP contribution in [-0.4, -0.2) is 42.2 Å². The molecule has 0 fully saturated rings. The summed E-state index contributed by atoms with van der Waals surface area (Å²) in [5.74, 6) is -0.281. The number of aromatic carboxylic acids is 1. The Morgan fingerprint density at radius 2 is 2.24 bits per heavy atom. The van der Waals surface area contributed by atoms with Gasteiger partial charge in [-0.3, -0.25) is 0 Å². The topological polar surface area (TPSA) is 84.3 Å². The first-order chi connectivity index (χ1) is 7.88. The molecule has 17 heavy (non-hydrogen) atoms. The van der Waals surface area contributed by atoms with Crippen molar-refractivity contribution < 1.29 is 18.3 Å². The Hall–Kier alpha value is -1.08. The SMILES string of the molecule is CS(=O)(=O)CCCSc1ccnc(C(=O)O)c1. The van der Waals surface area contributed by atoms with Crippen LogP contribution in [0, 0.1) is 0 Å². The summed E-state index contributed by atoms with van der Waals surface area (Å²) in [6, 6.07) is 3.19. The highest BCUT2D eigenvalue weighted by Gasteiger charge is 2.06. The van der Waals surface area contributed by atoms with Crippen molar-refractivity contribution in [1.82, 2.24) is 4.98 Å². The number of sulfone groups is 1. The van der Waals surface area contributed by atoms with Crippen molar-refractivity contribution in [3.05, 3.63) is 24.0 Å². The molecule has 7 heteroatoms. The van der Waals surface area contributed by atoms with E-state index < -0.39 is 15.8 Å². The van der Waals surface area contributed by atoms with Gasteiger partial charge in [0.15, 0.2) is 0 Å². The number of carbonyl (C=O) groups is 1. The molecule has 0 amide bonds. The lowest BCUT2D eigenvalue weighted by Crippen LogP contribution is -2.03. The van der Waals surface area contributed by atoms with E-state index in [2.05, 4.69) is 4.98 Å². The zero-order chi connectivity index (χ0) is 12.9. The molecule has 0 aromatic carbocycles. The number of pyridine rings is 1. The quantitative estimate of drug-likeness (QED) is 0.622. The molecule has 94 valence electrons. The second kappa shape index (κ2) is 6.02. The zero-order valence-electron chi connectivity index (χ0n) is 9.29. The number of nitrogens with zero attached hydrogens (tertiary/aromatic N) is 1. The molecule has 0 aliphatic carbocycles. The van der Waals surface area contributed by atoms with Crippen LogP contribution in [-0.2, 0) is 9.84 Å². The van der Waals surface area contributed by atoms with Crippen LogP contribution in [0.4, 0.5) is 0 Å². The third-order valence-electron chi connectivity index (χ3n) is 1.88. The van der Waals surface area contributed by atoms with Crippen molar-refractivity contribution in [3.63, 3.8) is 0 Å². The Morgan fingerprint density at radius 1 is 1.53 bits per heavy atom. The molecule has 1 heterocycles. The minimum atomic E-state index is -2.92. The third kappa shape index (κ3) is 5.69. The predicted octanol–water partition coefficient (Wildman–Crippen LogP) is 1.31. The number of carboxylic acid groups (broad SMARTS) is 1. The molecule has 0 aliphatic heterocycles. The van der Waals surface area contributed by atoms with Gasteiger partial charge in [0.2, 0.25) is 0 Å². The second-order valence-corrected chi connectivity index (χ2v) is 6.94. The van der Waals surface area contributed by atoms with Crippen LogP contribution in [0.5, 0.6) is 0 Å². The fourth-order valence-electron chi connectivity index (χ4n) is 1.13. The van der Waals surface area contributed by atoms with E-state index in [1.807, 2.05) is 0 Å². The summed E-state index contributed by atoms with van der Waals surface area (Å²) in [6.45, 7) is 0. The minimum absolute atomic E-state index is 0.00175. The van der Waals surface area contributed by atoms with Gasteiger partial charge in [-0.05, 0) is 24.3 Å². The van der Waals surface area contributed by atoms with E-state index in [1.165, 1.54) is 30.3 Å². The highest BCUT2D eigenvalue weighted by Crippen LogP contribution is 2.19. The Morgan fingerprint density at radius 3 is 2.82 bits per heavy atom. The summed E-state index contributed by atoms with van der Waals surface area (Å²) in [5.41, 5.74) is -0.00175. The average Bonchev–Trinajstić information content (AvgIpc) is 2.23. The molecule has 0 bridgehead atoms. The highest BCUT2D eigenvalue weighted by atomic mass is 32.2. The molecule has 0 spiro atoms. The summed E-state index contributed by atoms with van der Waals surface area (Å²) in [4.78, 5) is 15.1. The van der Waals surface area contributed by atoms with Crippen LogP contribution in [0.1, 0.15) is 16.9 Å². The molecule has 1 aromatic rings. The van der Waals surface area contributed by atoms with Crippen molar-refractivity contribution in [2.45, 2.75) is 11.3 Å². The lowest BCUT2D eigenvalue weighted by Gasteiger charge is -2.02. The first-order valence-corrected chi connectivity index (χ1v) is 7.93. The van der Waals surface area contributed by atoms with Crippen LogP contribution in [0.2, 0.25) is 0 Å². The van der Waals surface area contributed by atoms with E-state index >= 15 is 0 Å². The molecule has 0 saturated carbocycles. The van der Waals surface area contributed by atoms with Gasteiger partial charge in [0.05, 0.1) is 5.75 Å². The molecule has 0 radical (unpaired) electrons. The van der Waals surface area contributed by atoms with Gasteiger partial charge in [0, 0.05) is 17.3 Å². The van der Waals surface area contributed by atoms with Gasteiger partial charge in [-0.1, -0.05) is 0 Å². The monoisotopic (exact) mass is 275 g/mol. The zero-order valence-corrected chi connectivity index (χ0v) is 10.9. The fraction of sp³-hybridized carbons (Fsp3) is 0.400. The Balaban J connectivity index is 2.47. The van der Waals surface area contributed by atoms with Gasteiger partial charge < -0.3 is 5.11 Å². The molecule has 0 aliphatic rings. The largest absolute Gasteiger partial charge is 0.477 e. The lowest BCUT2D eigenvalue weighted by molar-refractivity contribution is 0.0690. The van der Waals surface area contributed by atoms with Crippen LogP contribution in [0.3, 0.4) is 0 Å². The number of aromatic nitrogens is 1. The van der Waals surface area contributed by atoms with Crippen molar-refractivity contribution >= 4 is 27.6 Å². The second-order valence-electron chi connectivity index (χ2n) is 3.51. The Bertz CT molecular complexity index is 499. The molecule has 0 saturated heterocycles. The molecule has 1 N–H and O–H groups in total. The molecule has 1 rings (SSSR count). The summed E-state index contributed by atoms with van der Waals surface area (Å²) in [5, 5.41) is 8.74. The van der Waals surface area contributed by atoms with Crippen LogP contribution < -0.4 is 0 Å². The minimum Gasteiger partial charge on any atom is -0.477 e. The van der Waals surface area contributed by atoms with Gasteiger partial charge in [-0.2, -0.15) is 0 Å². The first-order valence-electron chi connectivity index (χ1n) is 4.88. The Kier molecular flexibility index (Phi) is 4.95. The smallest absolute Gasteiger partial charge is 0.354 e. The number of carboxylic acids is 1. The normalized spacial score (nSPS) is 11.4. The summed E-state index contributed by atoms with van der Waals surface area (Å²) in [7, 11) is -2.92. The van der Waals surface area contributed by atoms with Gasteiger partial charge >= 0.3 is 5.97 Å². The summed E-state index contributed by atoms with van der Waals surface area (Å²) < 4.78 is 21.8. The van der Waals surface area contributed by atoms with E-state index in [0.29, 0.717) is 12.2 Å². The van der Waals surface area contributed by atoms with Crippen molar-refractivity contribution in [2.75, 3.05) is 17.8 Å². The Labute approximate surface area is 104 Å². The van der Waals surface area contributed by atoms with E-state index in [4.69, 9.17) is 5.11 Å². The number of hydrogen-bond donors (Lipinski definition) is 1. The van der Waals surface area contributed by atoms with Gasteiger partial charge in [-0.15, -0.1) is 11.8 Å². The van der Waals surface area contributed by atoms with Crippen LogP contribution in [0.15, 0.2) is 23.2 Å². The van der Waals surface area contributed by atoms with E-state index in [1.54, 1.807) is 6.07 Å². The van der Waals surface area contributed by atoms with Gasteiger partial charge in [0.25, 0.3) is 0 Å². The average molecular weight is 275 g/mol. The molecule has 1 aromatic heterocycles. The molecular formula is C10H13NO4S2. The van der Waals surface area contributed by atoms with Gasteiger partial charge in [0.1, 0.15) is 15.5 Å². The van der Waals surface area contributed by atoms with Crippen molar-refractivity contribution in [1.29, 1.82) is 0 Å². The highest BCUT2D eigenvalue weighted by molar-refractivity contribution is 7.99. The van der Waals surface area contributed by atoms with E-state index in [-0.39, 0.29) is 11.4 Å². The number of rotatable bonds is 6. The van der Waals surface area contributed by atoms with Crippen LogP contribution in [0.25, 0.3) is 0 Å². The molecule has 5 nitrogen and oxygen atoms in total. The number of thioether (sulfide) groups is 1. The maximum atomic E-state index is 10.9. The molecule has 0 unspecified atom stereocenters. The van der Waals surface area contributed by atoms with Crippen molar-refractivity contribution in [2.24, 2.45) is 0 Å². The van der Waals surface area contributed by atoms with Crippen molar-refractivity contribution in [3.8, 4) is 0 Å². The maximum Gasteiger partial charge on any atom is 0.354 e. The third-order valence-corrected chi connectivity index (χ3v) is 3.99. The predicted molar refractivity (Wildman–Crippen MR) is 66.2 cm³/mol. The molecule has 0 atom stereocenters. The summed E-state index contributed by atoms with van der Waals surface area (Å²) in [6.07, 6.45) is 3.18. The standard InChI is InChI=1S/C10H13NO4S2/c1-17(14,15)6-2-5-16-8-3-4-11-9(7-8)10(12)13/h3-4,7H,2,5-6H2,1H3,(H,12,13). The first kappa shape index (κ1) is 14.0. The van der Waals surface area contributed by atoms with Crippen LogP contribution >= 0.6 is 11.8 Å². The van der Waals surface area contributed by atoms with Gasteiger partial charge in [-0.25, -0.2) is 18.2 Å². The molecular weight excluding hydrogens is 262 g/mol. The lowest BCUT2D eigenvalue weighted by atomic mass is 10.3.